The second-order valence-corrected chi connectivity index (χ2v) is 6.19. The van der Waals surface area contributed by atoms with Crippen molar-refractivity contribution >= 4 is 41.6 Å². The lowest BCUT2D eigenvalue weighted by molar-refractivity contribution is -0.137. The number of halogens is 4. The van der Waals surface area contributed by atoms with Crippen LogP contribution in [0.25, 0.3) is 0 Å². The van der Waals surface area contributed by atoms with Gasteiger partial charge in [0, 0.05) is 28.4 Å². The average molecular weight is 393 g/mol. The first-order valence-electron chi connectivity index (χ1n) is 7.05. The molecular formula is C17H17Cl3FNO2. The Morgan fingerprint density at radius 1 is 1.08 bits per heavy atom. The summed E-state index contributed by atoms with van der Waals surface area (Å²) in [5.41, 5.74) is 7.68. The van der Waals surface area contributed by atoms with Crippen LogP contribution in [0.15, 0.2) is 42.5 Å². The predicted octanol–water partition coefficient (Wildman–Crippen LogP) is 5.20. The zero-order chi connectivity index (χ0) is 17.0. The molecule has 24 heavy (non-hydrogen) atoms. The van der Waals surface area contributed by atoms with Gasteiger partial charge in [0.15, 0.2) is 0 Å². The molecule has 0 heterocycles. The van der Waals surface area contributed by atoms with Gasteiger partial charge in [-0.15, -0.1) is 12.4 Å². The highest BCUT2D eigenvalue weighted by Gasteiger charge is 2.23. The van der Waals surface area contributed by atoms with E-state index in [4.69, 9.17) is 34.0 Å². The van der Waals surface area contributed by atoms with Crippen molar-refractivity contribution in [2.75, 3.05) is 0 Å². The van der Waals surface area contributed by atoms with Crippen molar-refractivity contribution in [1.29, 1.82) is 0 Å². The molecule has 0 aromatic heterocycles. The smallest absolute Gasteiger partial charge is 0.303 e. The third kappa shape index (κ3) is 5.64. The largest absolute Gasteiger partial charge is 0.481 e. The summed E-state index contributed by atoms with van der Waals surface area (Å²) in [5, 5.41) is 9.78. The molecule has 0 aliphatic carbocycles. The molecule has 2 rings (SSSR count). The first-order chi connectivity index (χ1) is 10.9. The molecule has 0 spiro atoms. The lowest BCUT2D eigenvalue weighted by Crippen LogP contribution is -2.21. The van der Waals surface area contributed by atoms with Crippen molar-refractivity contribution in [1.82, 2.24) is 0 Å². The van der Waals surface area contributed by atoms with Crippen LogP contribution in [-0.2, 0) is 4.79 Å². The van der Waals surface area contributed by atoms with Crippen LogP contribution in [0.3, 0.4) is 0 Å². The van der Waals surface area contributed by atoms with Gasteiger partial charge >= 0.3 is 5.97 Å². The van der Waals surface area contributed by atoms with Crippen LogP contribution >= 0.6 is 35.6 Å². The molecule has 0 bridgehead atoms. The van der Waals surface area contributed by atoms with Crippen LogP contribution in [0.5, 0.6) is 0 Å². The molecule has 0 unspecified atom stereocenters. The molecule has 0 radical (unpaired) electrons. The minimum Gasteiger partial charge on any atom is -0.481 e. The lowest BCUT2D eigenvalue weighted by Gasteiger charge is -2.25. The van der Waals surface area contributed by atoms with Gasteiger partial charge in [0.2, 0.25) is 0 Å². The number of aliphatic carboxylic acids is 1. The summed E-state index contributed by atoms with van der Waals surface area (Å²) in [7, 11) is 0. The van der Waals surface area contributed by atoms with Crippen molar-refractivity contribution in [3.63, 3.8) is 0 Å². The first kappa shape index (κ1) is 20.7. The van der Waals surface area contributed by atoms with E-state index in [1.54, 1.807) is 30.3 Å². The van der Waals surface area contributed by atoms with Gasteiger partial charge in [0.1, 0.15) is 5.82 Å². The molecule has 0 aliphatic rings. The maximum atomic E-state index is 13.6. The number of nitrogens with two attached hydrogens (primary N) is 1. The SMILES string of the molecule is Cl.N[C@H](c1ccc(Cl)cc1)[C@H](CCC(=O)O)c1cc(F)cc(Cl)c1. The lowest BCUT2D eigenvalue weighted by atomic mass is 9.84. The number of benzene rings is 2. The van der Waals surface area contributed by atoms with Gasteiger partial charge in [0.05, 0.1) is 0 Å². The van der Waals surface area contributed by atoms with E-state index in [0.717, 1.165) is 5.56 Å². The van der Waals surface area contributed by atoms with Gasteiger partial charge in [-0.2, -0.15) is 0 Å². The van der Waals surface area contributed by atoms with Crippen LogP contribution in [0.2, 0.25) is 10.0 Å². The summed E-state index contributed by atoms with van der Waals surface area (Å²) >= 11 is 11.8. The number of carboxylic acids is 1. The van der Waals surface area contributed by atoms with Gasteiger partial charge in [-0.3, -0.25) is 4.79 Å². The van der Waals surface area contributed by atoms with E-state index in [2.05, 4.69) is 0 Å². The van der Waals surface area contributed by atoms with E-state index in [1.807, 2.05) is 0 Å². The fourth-order valence-electron chi connectivity index (χ4n) is 2.54. The Morgan fingerprint density at radius 3 is 2.25 bits per heavy atom. The molecule has 3 N–H and O–H groups in total. The minimum absolute atomic E-state index is 0. The summed E-state index contributed by atoms with van der Waals surface area (Å²) in [6, 6.07) is 10.6. The Labute approximate surface area is 156 Å². The molecule has 0 saturated heterocycles. The molecule has 7 heteroatoms. The highest BCUT2D eigenvalue weighted by molar-refractivity contribution is 6.30. The second kappa shape index (κ2) is 9.23. The number of hydrogen-bond donors (Lipinski definition) is 2. The highest BCUT2D eigenvalue weighted by atomic mass is 35.5. The first-order valence-corrected chi connectivity index (χ1v) is 7.81. The van der Waals surface area contributed by atoms with E-state index in [1.165, 1.54) is 12.1 Å². The van der Waals surface area contributed by atoms with Crippen molar-refractivity contribution in [2.24, 2.45) is 5.73 Å². The molecule has 2 atom stereocenters. The van der Waals surface area contributed by atoms with Crippen molar-refractivity contribution in [3.8, 4) is 0 Å². The summed E-state index contributed by atoms with van der Waals surface area (Å²) in [5.74, 6) is -1.78. The Bertz CT molecular complexity index is 674. The molecule has 0 saturated carbocycles. The molecule has 2 aromatic carbocycles. The van der Waals surface area contributed by atoms with Crippen LogP contribution in [0.1, 0.15) is 35.9 Å². The van der Waals surface area contributed by atoms with Gasteiger partial charge in [-0.25, -0.2) is 4.39 Å². The van der Waals surface area contributed by atoms with Crippen LogP contribution < -0.4 is 5.73 Å². The van der Waals surface area contributed by atoms with Crippen molar-refractivity contribution < 1.29 is 14.3 Å². The Kier molecular flexibility index (Phi) is 7.97. The maximum Gasteiger partial charge on any atom is 0.303 e. The third-order valence-corrected chi connectivity index (χ3v) is 4.14. The Hall–Kier alpha value is -1.33. The monoisotopic (exact) mass is 391 g/mol. The minimum atomic E-state index is -0.930. The van der Waals surface area contributed by atoms with Gasteiger partial charge in [-0.1, -0.05) is 35.3 Å². The molecule has 0 aliphatic heterocycles. The van der Waals surface area contributed by atoms with E-state index >= 15 is 0 Å². The summed E-state index contributed by atoms with van der Waals surface area (Å²) in [6.07, 6.45) is 0.207. The average Bonchev–Trinajstić information content (AvgIpc) is 2.46. The van der Waals surface area contributed by atoms with Crippen LogP contribution in [0.4, 0.5) is 4.39 Å². The van der Waals surface area contributed by atoms with Crippen LogP contribution in [0, 0.1) is 5.82 Å². The summed E-state index contributed by atoms with van der Waals surface area (Å²) in [4.78, 5) is 10.9. The second-order valence-electron chi connectivity index (χ2n) is 5.32. The highest BCUT2D eigenvalue weighted by Crippen LogP contribution is 2.35. The van der Waals surface area contributed by atoms with E-state index < -0.39 is 17.8 Å². The third-order valence-electron chi connectivity index (χ3n) is 3.67. The van der Waals surface area contributed by atoms with E-state index in [-0.39, 0.29) is 36.2 Å². The molecule has 0 amide bonds. The standard InChI is InChI=1S/C17H16Cl2FNO2.ClH/c18-12-3-1-10(2-4-12)17(21)15(5-6-16(22)23)11-7-13(19)9-14(20)8-11;/h1-4,7-9,15,17H,5-6,21H2,(H,22,23);1H/t15-,17-;/m1./s1. The van der Waals surface area contributed by atoms with E-state index in [0.29, 0.717) is 10.6 Å². The molecule has 130 valence electrons. The fraction of sp³-hybridized carbons (Fsp3) is 0.235. The van der Waals surface area contributed by atoms with Gasteiger partial charge < -0.3 is 10.8 Å². The fourth-order valence-corrected chi connectivity index (χ4v) is 2.90. The zero-order valence-corrected chi connectivity index (χ0v) is 14.9. The van der Waals surface area contributed by atoms with E-state index in [9.17, 15) is 9.18 Å². The number of carbonyl (C=O) groups is 1. The van der Waals surface area contributed by atoms with Crippen molar-refractivity contribution in [3.05, 3.63) is 69.5 Å². The summed E-state index contributed by atoms with van der Waals surface area (Å²) < 4.78 is 13.6. The molecule has 2 aromatic rings. The van der Waals surface area contributed by atoms with Gasteiger partial charge in [-0.05, 0) is 47.9 Å². The number of hydrogen-bond acceptors (Lipinski definition) is 2. The maximum absolute atomic E-state index is 13.6. The molecule has 3 nitrogen and oxygen atoms in total. The van der Waals surface area contributed by atoms with Crippen molar-refractivity contribution in [2.45, 2.75) is 24.8 Å². The molecular weight excluding hydrogens is 376 g/mol. The Morgan fingerprint density at radius 2 is 1.71 bits per heavy atom. The van der Waals surface area contributed by atoms with Gasteiger partial charge in [0.25, 0.3) is 0 Å². The number of rotatable bonds is 6. The Balaban J connectivity index is 0.00000288. The summed E-state index contributed by atoms with van der Waals surface area (Å²) in [6.45, 7) is 0. The zero-order valence-electron chi connectivity index (χ0n) is 12.6. The number of carboxylic acid groups (broad SMARTS) is 1. The predicted molar refractivity (Wildman–Crippen MR) is 96.6 cm³/mol. The van der Waals surface area contributed by atoms with Crippen LogP contribution in [-0.4, -0.2) is 11.1 Å². The normalized spacial score (nSPS) is 13.0. The quantitative estimate of drug-likeness (QED) is 0.710. The molecule has 0 fully saturated rings. The topological polar surface area (TPSA) is 63.3 Å².